The van der Waals surface area contributed by atoms with Gasteiger partial charge < -0.3 is 15.4 Å². The van der Waals surface area contributed by atoms with E-state index in [4.69, 9.17) is 4.74 Å². The van der Waals surface area contributed by atoms with E-state index in [0.29, 0.717) is 30.9 Å². The quantitative estimate of drug-likeness (QED) is 0.724. The SMILES string of the molecule is COCCNCCNC(=O)c1cnn2ccc(C)nc12.Cl. The summed E-state index contributed by atoms with van der Waals surface area (Å²) in [5.74, 6) is -0.161. The van der Waals surface area contributed by atoms with Crippen molar-refractivity contribution in [1.82, 2.24) is 25.2 Å². The minimum Gasteiger partial charge on any atom is -0.383 e. The number of halogens is 1. The maximum atomic E-state index is 12.1. The van der Waals surface area contributed by atoms with E-state index in [1.54, 1.807) is 17.8 Å². The van der Waals surface area contributed by atoms with Gasteiger partial charge in [-0.05, 0) is 13.0 Å². The Bertz CT molecular complexity index is 587. The van der Waals surface area contributed by atoms with Gasteiger partial charge in [0.15, 0.2) is 5.65 Å². The molecule has 0 bridgehead atoms. The molecule has 0 atom stereocenters. The molecule has 2 N–H and O–H groups in total. The number of nitrogens with zero attached hydrogens (tertiary/aromatic N) is 3. The normalized spacial score (nSPS) is 10.4. The fourth-order valence-corrected chi connectivity index (χ4v) is 1.78. The Morgan fingerprint density at radius 2 is 2.19 bits per heavy atom. The summed E-state index contributed by atoms with van der Waals surface area (Å²) >= 11 is 0. The lowest BCUT2D eigenvalue weighted by Gasteiger charge is -2.05. The molecule has 0 aromatic carbocycles. The molecule has 2 aromatic rings. The number of aromatic nitrogens is 3. The van der Waals surface area contributed by atoms with Crippen molar-refractivity contribution >= 4 is 24.0 Å². The third-order valence-corrected chi connectivity index (χ3v) is 2.82. The van der Waals surface area contributed by atoms with Gasteiger partial charge in [0.05, 0.1) is 12.8 Å². The average Bonchev–Trinajstić information content (AvgIpc) is 2.85. The lowest BCUT2D eigenvalue weighted by Crippen LogP contribution is -2.33. The Labute approximate surface area is 129 Å². The molecule has 1 amide bonds. The van der Waals surface area contributed by atoms with Crippen molar-refractivity contribution < 1.29 is 9.53 Å². The Hall–Kier alpha value is -1.70. The van der Waals surface area contributed by atoms with Gasteiger partial charge in [0.1, 0.15) is 5.56 Å². The molecule has 0 unspecified atom stereocenters. The van der Waals surface area contributed by atoms with Crippen LogP contribution in [0.25, 0.3) is 5.65 Å². The number of nitrogens with one attached hydrogen (secondary N) is 2. The van der Waals surface area contributed by atoms with Crippen molar-refractivity contribution in [3.63, 3.8) is 0 Å². The highest BCUT2D eigenvalue weighted by Crippen LogP contribution is 2.08. The van der Waals surface area contributed by atoms with E-state index >= 15 is 0 Å². The van der Waals surface area contributed by atoms with Crippen molar-refractivity contribution in [2.45, 2.75) is 6.92 Å². The minimum absolute atomic E-state index is 0. The van der Waals surface area contributed by atoms with Crippen LogP contribution in [0.1, 0.15) is 16.1 Å². The first-order chi connectivity index (χ1) is 9.72. The number of aryl methyl sites for hydroxylation is 1. The van der Waals surface area contributed by atoms with Crippen LogP contribution in [0, 0.1) is 6.92 Å². The highest BCUT2D eigenvalue weighted by molar-refractivity contribution is 5.99. The third-order valence-electron chi connectivity index (χ3n) is 2.82. The molecule has 0 aliphatic carbocycles. The number of methoxy groups -OCH3 is 1. The van der Waals surface area contributed by atoms with Gasteiger partial charge in [0.2, 0.25) is 0 Å². The first kappa shape index (κ1) is 17.4. The molecule has 0 saturated heterocycles. The van der Waals surface area contributed by atoms with Crippen LogP contribution in [0.4, 0.5) is 0 Å². The smallest absolute Gasteiger partial charge is 0.256 e. The number of amides is 1. The van der Waals surface area contributed by atoms with Crippen LogP contribution in [0.2, 0.25) is 0 Å². The van der Waals surface area contributed by atoms with Crippen LogP contribution in [0.15, 0.2) is 18.5 Å². The van der Waals surface area contributed by atoms with Gasteiger partial charge in [-0.2, -0.15) is 5.10 Å². The molecule has 0 saturated carbocycles. The summed E-state index contributed by atoms with van der Waals surface area (Å²) in [7, 11) is 1.66. The number of fused-ring (bicyclic) bond motifs is 1. The molecule has 0 aliphatic heterocycles. The molecule has 0 spiro atoms. The minimum atomic E-state index is -0.161. The zero-order valence-electron chi connectivity index (χ0n) is 12.1. The van der Waals surface area contributed by atoms with E-state index < -0.39 is 0 Å². The largest absolute Gasteiger partial charge is 0.383 e. The predicted octanol–water partition coefficient (Wildman–Crippen LogP) is 0.425. The molecular formula is C13H20ClN5O2. The van der Waals surface area contributed by atoms with Crippen LogP contribution >= 0.6 is 12.4 Å². The van der Waals surface area contributed by atoms with E-state index in [9.17, 15) is 4.79 Å². The van der Waals surface area contributed by atoms with Crippen LogP contribution < -0.4 is 10.6 Å². The summed E-state index contributed by atoms with van der Waals surface area (Å²) in [4.78, 5) is 16.4. The van der Waals surface area contributed by atoms with Gasteiger partial charge in [0.25, 0.3) is 5.91 Å². The number of hydrogen-bond acceptors (Lipinski definition) is 5. The number of carbonyl (C=O) groups excluding carboxylic acids is 1. The second-order valence-corrected chi connectivity index (χ2v) is 4.39. The van der Waals surface area contributed by atoms with Crippen molar-refractivity contribution in [2.24, 2.45) is 0 Å². The Morgan fingerprint density at radius 1 is 1.38 bits per heavy atom. The van der Waals surface area contributed by atoms with Gasteiger partial charge in [-0.1, -0.05) is 0 Å². The van der Waals surface area contributed by atoms with Crippen LogP contribution in [-0.4, -0.2) is 53.9 Å². The molecule has 0 radical (unpaired) electrons. The first-order valence-electron chi connectivity index (χ1n) is 6.51. The van der Waals surface area contributed by atoms with E-state index in [1.807, 2.05) is 13.0 Å². The molecule has 0 fully saturated rings. The Balaban J connectivity index is 0.00000220. The van der Waals surface area contributed by atoms with Crippen molar-refractivity contribution in [2.75, 3.05) is 33.4 Å². The molecule has 2 heterocycles. The highest BCUT2D eigenvalue weighted by Gasteiger charge is 2.13. The molecule has 2 rings (SSSR count). The lowest BCUT2D eigenvalue weighted by molar-refractivity contribution is 0.0955. The lowest BCUT2D eigenvalue weighted by atomic mass is 10.3. The molecule has 2 aromatic heterocycles. The maximum absolute atomic E-state index is 12.1. The van der Waals surface area contributed by atoms with Crippen molar-refractivity contribution in [3.8, 4) is 0 Å². The maximum Gasteiger partial charge on any atom is 0.256 e. The second kappa shape index (κ2) is 8.56. The number of rotatable bonds is 7. The summed E-state index contributed by atoms with van der Waals surface area (Å²) in [6.07, 6.45) is 3.33. The van der Waals surface area contributed by atoms with Gasteiger partial charge >= 0.3 is 0 Å². The van der Waals surface area contributed by atoms with E-state index in [1.165, 1.54) is 6.20 Å². The second-order valence-electron chi connectivity index (χ2n) is 4.39. The number of carbonyl (C=O) groups is 1. The van der Waals surface area contributed by atoms with Crippen LogP contribution in [-0.2, 0) is 4.74 Å². The van der Waals surface area contributed by atoms with Crippen molar-refractivity contribution in [3.05, 3.63) is 29.7 Å². The summed E-state index contributed by atoms with van der Waals surface area (Å²) in [6.45, 7) is 4.55. The summed E-state index contributed by atoms with van der Waals surface area (Å²) < 4.78 is 6.51. The zero-order chi connectivity index (χ0) is 14.4. The molecule has 7 nitrogen and oxygen atoms in total. The van der Waals surface area contributed by atoms with Gasteiger partial charge in [-0.25, -0.2) is 9.50 Å². The standard InChI is InChI=1S/C13H19N5O2.ClH/c1-10-3-7-18-12(17-10)11(9-16-18)13(19)15-5-4-14-6-8-20-2;/h3,7,9,14H,4-6,8H2,1-2H3,(H,15,19);1H. The van der Waals surface area contributed by atoms with Gasteiger partial charge in [0, 0.05) is 38.6 Å². The van der Waals surface area contributed by atoms with Crippen LogP contribution in [0.3, 0.4) is 0 Å². The first-order valence-corrected chi connectivity index (χ1v) is 6.51. The van der Waals surface area contributed by atoms with Crippen LogP contribution in [0.5, 0.6) is 0 Å². The Morgan fingerprint density at radius 3 is 2.95 bits per heavy atom. The average molecular weight is 314 g/mol. The van der Waals surface area contributed by atoms with Gasteiger partial charge in [-0.15, -0.1) is 12.4 Å². The zero-order valence-corrected chi connectivity index (χ0v) is 12.9. The fourth-order valence-electron chi connectivity index (χ4n) is 1.78. The van der Waals surface area contributed by atoms with E-state index in [2.05, 4.69) is 20.7 Å². The summed E-state index contributed by atoms with van der Waals surface area (Å²) in [5.41, 5.74) is 1.92. The third kappa shape index (κ3) is 4.66. The molecule has 116 valence electrons. The number of ether oxygens (including phenoxy) is 1. The fraction of sp³-hybridized carbons (Fsp3) is 0.462. The Kier molecular flexibility index (Phi) is 7.07. The number of hydrogen-bond donors (Lipinski definition) is 2. The molecule has 0 aliphatic rings. The predicted molar refractivity (Wildman–Crippen MR) is 82.1 cm³/mol. The topological polar surface area (TPSA) is 80.5 Å². The van der Waals surface area contributed by atoms with Crippen molar-refractivity contribution in [1.29, 1.82) is 0 Å². The molecule has 8 heteroatoms. The van der Waals surface area contributed by atoms with E-state index in [0.717, 1.165) is 12.2 Å². The molecule has 21 heavy (non-hydrogen) atoms. The monoisotopic (exact) mass is 313 g/mol. The summed E-state index contributed by atoms with van der Waals surface area (Å²) in [6, 6.07) is 1.85. The van der Waals surface area contributed by atoms with E-state index in [-0.39, 0.29) is 18.3 Å². The molecular weight excluding hydrogens is 294 g/mol. The highest BCUT2D eigenvalue weighted by atomic mass is 35.5. The van der Waals surface area contributed by atoms with Gasteiger partial charge in [-0.3, -0.25) is 4.79 Å². The summed E-state index contributed by atoms with van der Waals surface area (Å²) in [5, 5.41) is 10.1.